The van der Waals surface area contributed by atoms with Crippen LogP contribution in [0.25, 0.3) is 0 Å². The lowest BCUT2D eigenvalue weighted by atomic mass is 10.0. The van der Waals surface area contributed by atoms with Crippen LogP contribution in [0.1, 0.15) is 46.0 Å². The second kappa shape index (κ2) is 7.67. The Labute approximate surface area is 118 Å². The number of rotatable bonds is 1. The van der Waals surface area contributed by atoms with E-state index in [1.54, 1.807) is 6.92 Å². The number of nitrogens with one attached hydrogen (secondary N) is 1. The summed E-state index contributed by atoms with van der Waals surface area (Å²) in [5.41, 5.74) is 0.502. The first kappa shape index (κ1) is 16.2. The minimum atomic E-state index is -0.802. The van der Waals surface area contributed by atoms with Crippen molar-refractivity contribution in [3.63, 3.8) is 0 Å². The predicted octanol–water partition coefficient (Wildman–Crippen LogP) is 2.08. The Hall–Kier alpha value is -1.85. The van der Waals surface area contributed by atoms with Gasteiger partial charge in [0.2, 0.25) is 5.91 Å². The van der Waals surface area contributed by atoms with E-state index < -0.39 is 24.2 Å². The Bertz CT molecular complexity index is 404. The van der Waals surface area contributed by atoms with Crippen LogP contribution in [0.5, 0.6) is 0 Å². The molecule has 1 aliphatic heterocycles. The quantitative estimate of drug-likeness (QED) is 0.588. The second-order valence-corrected chi connectivity index (χ2v) is 4.76. The molecule has 0 spiro atoms. The number of cyclic esters (lactones) is 2. The summed E-state index contributed by atoms with van der Waals surface area (Å²) in [4.78, 5) is 34.6. The molecule has 1 saturated heterocycles. The van der Waals surface area contributed by atoms with Gasteiger partial charge in [-0.15, -0.1) is 0 Å². The molecule has 0 radical (unpaired) electrons. The minimum Gasteiger partial charge on any atom is -0.458 e. The van der Waals surface area contributed by atoms with Crippen LogP contribution in [0.2, 0.25) is 0 Å². The molecule has 20 heavy (non-hydrogen) atoms. The summed E-state index contributed by atoms with van der Waals surface area (Å²) in [5, 5.41) is 2.15. The molecule has 0 saturated carbocycles. The van der Waals surface area contributed by atoms with Gasteiger partial charge in [0.1, 0.15) is 12.2 Å². The Morgan fingerprint density at radius 2 is 1.85 bits per heavy atom. The van der Waals surface area contributed by atoms with Crippen LogP contribution in [0.15, 0.2) is 12.2 Å². The van der Waals surface area contributed by atoms with Gasteiger partial charge in [0.25, 0.3) is 0 Å². The van der Waals surface area contributed by atoms with Crippen molar-refractivity contribution in [1.29, 1.82) is 0 Å². The molecule has 6 nitrogen and oxygen atoms in total. The number of ether oxygens (including phenoxy) is 2. The summed E-state index contributed by atoms with van der Waals surface area (Å²) < 4.78 is 10.4. The number of esters is 1. The number of carbonyl (C=O) groups excluding carboxylic acids is 3. The predicted molar refractivity (Wildman–Crippen MR) is 71.9 cm³/mol. The van der Waals surface area contributed by atoms with Gasteiger partial charge in [0, 0.05) is 18.4 Å². The largest absolute Gasteiger partial charge is 0.458 e. The van der Waals surface area contributed by atoms with Crippen LogP contribution >= 0.6 is 0 Å². The van der Waals surface area contributed by atoms with E-state index in [1.165, 1.54) is 0 Å². The van der Waals surface area contributed by atoms with E-state index in [-0.39, 0.29) is 18.8 Å². The van der Waals surface area contributed by atoms with Crippen LogP contribution in [0, 0.1) is 0 Å². The molecule has 2 atom stereocenters. The lowest BCUT2D eigenvalue weighted by Gasteiger charge is -2.23. The van der Waals surface area contributed by atoms with Gasteiger partial charge >= 0.3 is 12.1 Å². The monoisotopic (exact) mass is 283 g/mol. The van der Waals surface area contributed by atoms with Crippen molar-refractivity contribution in [2.45, 2.75) is 58.2 Å². The van der Waals surface area contributed by atoms with E-state index in [0.717, 1.165) is 0 Å². The van der Waals surface area contributed by atoms with Crippen LogP contribution in [0.4, 0.5) is 4.79 Å². The van der Waals surface area contributed by atoms with Crippen LogP contribution < -0.4 is 5.32 Å². The number of amides is 2. The van der Waals surface area contributed by atoms with Gasteiger partial charge in [-0.1, -0.05) is 13.5 Å². The second-order valence-electron chi connectivity index (χ2n) is 4.76. The Balaban J connectivity index is 2.80. The van der Waals surface area contributed by atoms with E-state index in [4.69, 9.17) is 9.47 Å². The molecular formula is C14H21NO5. The van der Waals surface area contributed by atoms with Gasteiger partial charge in [0.05, 0.1) is 0 Å². The fourth-order valence-corrected chi connectivity index (χ4v) is 1.90. The molecule has 1 N–H and O–H groups in total. The molecule has 2 amide bonds. The molecule has 1 aliphatic rings. The zero-order chi connectivity index (χ0) is 15.1. The molecule has 112 valence electrons. The third-order valence-electron chi connectivity index (χ3n) is 3.14. The highest BCUT2D eigenvalue weighted by Gasteiger charge is 2.24. The summed E-state index contributed by atoms with van der Waals surface area (Å²) in [6, 6.07) is 0. The van der Waals surface area contributed by atoms with E-state index in [9.17, 15) is 14.4 Å². The highest BCUT2D eigenvalue weighted by Crippen LogP contribution is 2.17. The van der Waals surface area contributed by atoms with Gasteiger partial charge in [-0.25, -0.2) is 4.79 Å². The summed E-state index contributed by atoms with van der Waals surface area (Å²) in [5.74, 6) is -0.733. The fourth-order valence-electron chi connectivity index (χ4n) is 1.90. The van der Waals surface area contributed by atoms with Crippen molar-refractivity contribution in [1.82, 2.24) is 5.32 Å². The maximum atomic E-state index is 11.7. The van der Waals surface area contributed by atoms with Gasteiger partial charge in [-0.05, 0) is 26.2 Å². The van der Waals surface area contributed by atoms with Crippen molar-refractivity contribution < 1.29 is 23.9 Å². The molecule has 0 bridgehead atoms. The highest BCUT2D eigenvalue weighted by atomic mass is 16.6. The fraction of sp³-hybridized carbons (Fsp3) is 0.643. The maximum absolute atomic E-state index is 11.7. The van der Waals surface area contributed by atoms with E-state index in [1.807, 2.05) is 6.92 Å². The Morgan fingerprint density at radius 1 is 1.20 bits per heavy atom. The minimum absolute atomic E-state index is 0.176. The third-order valence-corrected chi connectivity index (χ3v) is 3.14. The third kappa shape index (κ3) is 5.03. The van der Waals surface area contributed by atoms with Crippen molar-refractivity contribution in [3.05, 3.63) is 12.2 Å². The van der Waals surface area contributed by atoms with Gasteiger partial charge in [0.15, 0.2) is 0 Å². The lowest BCUT2D eigenvalue weighted by Crippen LogP contribution is -2.35. The van der Waals surface area contributed by atoms with E-state index in [2.05, 4.69) is 11.9 Å². The van der Waals surface area contributed by atoms with Crippen LogP contribution in [-0.4, -0.2) is 30.2 Å². The first-order chi connectivity index (χ1) is 9.43. The SMILES string of the molecule is C=C1C(C)OC(=O)NC(=O)CCCCC(=O)OC1CC. The van der Waals surface area contributed by atoms with E-state index in [0.29, 0.717) is 24.8 Å². The first-order valence-electron chi connectivity index (χ1n) is 6.82. The average molecular weight is 283 g/mol. The summed E-state index contributed by atoms with van der Waals surface area (Å²) in [6.07, 6.45) is 0.113. The maximum Gasteiger partial charge on any atom is 0.414 e. The molecule has 6 heteroatoms. The zero-order valence-electron chi connectivity index (χ0n) is 11.9. The average Bonchev–Trinajstić information content (AvgIpc) is 2.39. The molecule has 0 aromatic heterocycles. The number of carbonyl (C=O) groups is 3. The van der Waals surface area contributed by atoms with Crippen molar-refractivity contribution in [2.24, 2.45) is 0 Å². The summed E-state index contributed by atoms with van der Waals surface area (Å²) >= 11 is 0. The number of alkyl carbamates (subject to hydrolysis) is 1. The molecule has 1 rings (SSSR count). The molecule has 1 heterocycles. The number of hydrogen-bond acceptors (Lipinski definition) is 5. The van der Waals surface area contributed by atoms with Gasteiger partial charge < -0.3 is 9.47 Å². The zero-order valence-corrected chi connectivity index (χ0v) is 11.9. The normalized spacial score (nSPS) is 26.5. The first-order valence-corrected chi connectivity index (χ1v) is 6.82. The summed E-state index contributed by atoms with van der Waals surface area (Å²) in [6.45, 7) is 7.31. The smallest absolute Gasteiger partial charge is 0.414 e. The molecule has 0 aromatic carbocycles. The van der Waals surface area contributed by atoms with Crippen LogP contribution in [-0.2, 0) is 19.1 Å². The van der Waals surface area contributed by atoms with Crippen molar-refractivity contribution >= 4 is 18.0 Å². The molecule has 0 aromatic rings. The Kier molecular flexibility index (Phi) is 6.21. The van der Waals surface area contributed by atoms with Crippen molar-refractivity contribution in [2.75, 3.05) is 0 Å². The van der Waals surface area contributed by atoms with Gasteiger partial charge in [-0.2, -0.15) is 0 Å². The molecular weight excluding hydrogens is 262 g/mol. The number of hydrogen-bond donors (Lipinski definition) is 1. The highest BCUT2D eigenvalue weighted by molar-refractivity contribution is 5.91. The summed E-state index contributed by atoms with van der Waals surface area (Å²) in [7, 11) is 0. The molecule has 2 unspecified atom stereocenters. The topological polar surface area (TPSA) is 81.7 Å². The van der Waals surface area contributed by atoms with E-state index >= 15 is 0 Å². The van der Waals surface area contributed by atoms with Gasteiger partial charge in [-0.3, -0.25) is 14.9 Å². The van der Waals surface area contributed by atoms with Crippen LogP contribution in [0.3, 0.4) is 0 Å². The lowest BCUT2D eigenvalue weighted by molar-refractivity contribution is -0.148. The number of imide groups is 1. The van der Waals surface area contributed by atoms with Crippen molar-refractivity contribution in [3.8, 4) is 0 Å². The standard InChI is InChI=1S/C14H21NO5/c1-4-11-9(2)10(3)19-14(18)15-12(16)7-5-6-8-13(17)20-11/h10-11H,2,4-8H2,1,3H3,(H,15,16,18). The Morgan fingerprint density at radius 3 is 2.50 bits per heavy atom. The molecule has 1 fully saturated rings. The molecule has 0 aliphatic carbocycles.